The van der Waals surface area contributed by atoms with Crippen LogP contribution in [0.3, 0.4) is 0 Å². The maximum absolute atomic E-state index is 14.4. The van der Waals surface area contributed by atoms with Crippen LogP contribution in [0.5, 0.6) is 0 Å². The summed E-state index contributed by atoms with van der Waals surface area (Å²) in [6.45, 7) is 6.03. The molecule has 1 saturated carbocycles. The van der Waals surface area contributed by atoms with E-state index in [1.165, 1.54) is 13.1 Å². The summed E-state index contributed by atoms with van der Waals surface area (Å²) in [5.41, 5.74) is 4.59. The van der Waals surface area contributed by atoms with Crippen LogP contribution in [-0.2, 0) is 30.4 Å². The number of hydrogen-bond acceptors (Lipinski definition) is 7. The van der Waals surface area contributed by atoms with Gasteiger partial charge in [-0.15, -0.1) is 0 Å². The summed E-state index contributed by atoms with van der Waals surface area (Å²) in [7, 11) is 0. The number of Topliss-reactive ketones (excluding diaryl/α,β-unsaturated/α-hetero) is 3. The van der Waals surface area contributed by atoms with Crippen LogP contribution in [0.25, 0.3) is 0 Å². The molecule has 1 aromatic carbocycles. The molecule has 3 atom stereocenters. The quantitative estimate of drug-likeness (QED) is 0.229. The van der Waals surface area contributed by atoms with Gasteiger partial charge in [-0.05, 0) is 56.4 Å². The van der Waals surface area contributed by atoms with Crippen molar-refractivity contribution in [2.75, 3.05) is 6.54 Å². The lowest BCUT2D eigenvalue weighted by Crippen LogP contribution is -2.55. The Morgan fingerprint density at radius 3 is 2.35 bits per heavy atom. The van der Waals surface area contributed by atoms with Gasteiger partial charge in [-0.2, -0.15) is 0 Å². The van der Waals surface area contributed by atoms with Gasteiger partial charge in [-0.1, -0.05) is 57.0 Å². The van der Waals surface area contributed by atoms with Crippen molar-refractivity contribution < 1.29 is 24.0 Å². The first kappa shape index (κ1) is 32.2. The molecule has 3 aliphatic rings. The number of nitrogens with one attached hydrogen (secondary N) is 3. The van der Waals surface area contributed by atoms with E-state index in [1.54, 1.807) is 6.20 Å². The molecule has 1 fully saturated rings. The summed E-state index contributed by atoms with van der Waals surface area (Å²) >= 11 is 0. The van der Waals surface area contributed by atoms with Gasteiger partial charge < -0.3 is 26.5 Å². The second kappa shape index (κ2) is 13.7. The maximum atomic E-state index is 14.4. The van der Waals surface area contributed by atoms with Gasteiger partial charge in [0.15, 0.2) is 11.6 Å². The average molecular weight is 591 g/mol. The van der Waals surface area contributed by atoms with Crippen LogP contribution in [0.15, 0.2) is 53.9 Å². The average Bonchev–Trinajstić information content (AvgIpc) is 3.66. The number of amides is 2. The van der Waals surface area contributed by atoms with E-state index in [0.717, 1.165) is 31.2 Å². The lowest BCUT2D eigenvalue weighted by molar-refractivity contribution is -0.130. The van der Waals surface area contributed by atoms with Crippen LogP contribution in [0.2, 0.25) is 0 Å². The van der Waals surface area contributed by atoms with E-state index >= 15 is 0 Å². The molecule has 0 saturated heterocycles. The fourth-order valence-corrected chi connectivity index (χ4v) is 7.19. The molecule has 43 heavy (non-hydrogen) atoms. The van der Waals surface area contributed by atoms with Crippen molar-refractivity contribution in [1.82, 2.24) is 16.0 Å². The number of benzene rings is 1. The number of carbonyl (C=O) groups excluding carboxylic acids is 5. The lowest BCUT2D eigenvalue weighted by atomic mass is 9.73. The molecule has 0 spiro atoms. The van der Waals surface area contributed by atoms with Gasteiger partial charge in [0.2, 0.25) is 11.8 Å². The van der Waals surface area contributed by atoms with Crippen LogP contribution in [0.4, 0.5) is 0 Å². The minimum Gasteiger partial charge on any atom is -0.378 e. The maximum Gasteiger partial charge on any atom is 0.223 e. The molecule has 2 amide bonds. The summed E-state index contributed by atoms with van der Waals surface area (Å²) in [5.74, 6) is -1.03. The van der Waals surface area contributed by atoms with Crippen LogP contribution in [0, 0.1) is 17.8 Å². The largest absolute Gasteiger partial charge is 0.378 e. The van der Waals surface area contributed by atoms with Gasteiger partial charge in [0.05, 0.1) is 6.42 Å². The van der Waals surface area contributed by atoms with Gasteiger partial charge in [-0.25, -0.2) is 0 Å². The number of ketones is 3. The number of primary amides is 1. The lowest BCUT2D eigenvalue weighted by Gasteiger charge is -2.34. The van der Waals surface area contributed by atoms with Crippen molar-refractivity contribution >= 4 is 29.2 Å². The molecule has 9 nitrogen and oxygen atoms in total. The van der Waals surface area contributed by atoms with Crippen molar-refractivity contribution in [2.45, 2.75) is 96.1 Å². The Balaban J connectivity index is 1.50. The summed E-state index contributed by atoms with van der Waals surface area (Å²) in [4.78, 5) is 65.0. The summed E-state index contributed by atoms with van der Waals surface area (Å²) in [6, 6.07) is 9.47. The first-order chi connectivity index (χ1) is 20.5. The topological polar surface area (TPSA) is 147 Å². The van der Waals surface area contributed by atoms with Gasteiger partial charge in [-0.3, -0.25) is 19.2 Å². The summed E-state index contributed by atoms with van der Waals surface area (Å²) in [5, 5.41) is 9.61. The van der Waals surface area contributed by atoms with Crippen molar-refractivity contribution in [1.29, 1.82) is 0 Å². The molecule has 1 aliphatic carbocycles. The minimum absolute atomic E-state index is 0.0234. The molecule has 1 aromatic rings. The van der Waals surface area contributed by atoms with Crippen molar-refractivity contribution in [3.05, 3.63) is 59.4 Å². The van der Waals surface area contributed by atoms with Gasteiger partial charge in [0, 0.05) is 48.9 Å². The number of carbonyl (C=O) groups is 5. The third-order valence-corrected chi connectivity index (χ3v) is 9.13. The molecule has 2 heterocycles. The molecule has 3 unspecified atom stereocenters. The van der Waals surface area contributed by atoms with Crippen molar-refractivity contribution in [2.24, 2.45) is 23.5 Å². The Hall–Kier alpha value is -3.75. The van der Waals surface area contributed by atoms with Gasteiger partial charge >= 0.3 is 0 Å². The first-order valence-corrected chi connectivity index (χ1v) is 15.6. The molecule has 232 valence electrons. The zero-order chi connectivity index (χ0) is 31.2. The standard InChI is InChI=1S/C34H46N4O5/c1-22(2)18-33(14-9-15-36-32(43)27(16-23(3)39)25-12-7-8-13-25)31(42)28(21-37-33)34(19-24-10-5-4-6-11-24)30(41)26(20-38-34)17-29(35)40/h4-6,10-11,20-22,25,27,37-38H,7-9,12-19H2,1-3H3,(H2,35,40)(H,36,43). The molecule has 2 aliphatic heterocycles. The normalized spacial score (nSPS) is 24.4. The molecular formula is C34H46N4O5. The third kappa shape index (κ3) is 7.25. The van der Waals surface area contributed by atoms with E-state index in [4.69, 9.17) is 5.73 Å². The highest BCUT2D eigenvalue weighted by molar-refractivity contribution is 6.18. The Morgan fingerprint density at radius 1 is 1.02 bits per heavy atom. The highest BCUT2D eigenvalue weighted by Crippen LogP contribution is 2.40. The molecule has 0 aromatic heterocycles. The fourth-order valence-electron chi connectivity index (χ4n) is 7.19. The van der Waals surface area contributed by atoms with E-state index in [0.29, 0.717) is 31.4 Å². The van der Waals surface area contributed by atoms with E-state index in [2.05, 4.69) is 29.8 Å². The van der Waals surface area contributed by atoms with Crippen LogP contribution in [0.1, 0.15) is 84.1 Å². The smallest absolute Gasteiger partial charge is 0.223 e. The molecule has 0 bridgehead atoms. The Bertz CT molecular complexity index is 1300. The van der Waals surface area contributed by atoms with Crippen LogP contribution in [-0.4, -0.2) is 46.8 Å². The highest BCUT2D eigenvalue weighted by Gasteiger charge is 2.55. The Kier molecular flexibility index (Phi) is 10.2. The zero-order valence-electron chi connectivity index (χ0n) is 25.7. The number of nitrogens with two attached hydrogens (primary N) is 1. The second-order valence-corrected chi connectivity index (χ2v) is 13.0. The molecule has 0 radical (unpaired) electrons. The molecule has 4 rings (SSSR count). The summed E-state index contributed by atoms with van der Waals surface area (Å²) in [6.07, 6.45) is 9.17. The van der Waals surface area contributed by atoms with Crippen molar-refractivity contribution in [3.63, 3.8) is 0 Å². The van der Waals surface area contributed by atoms with Gasteiger partial charge in [0.1, 0.15) is 16.9 Å². The Labute approximate surface area is 254 Å². The molecular weight excluding hydrogens is 544 g/mol. The molecule has 5 N–H and O–H groups in total. The minimum atomic E-state index is -1.36. The monoisotopic (exact) mass is 590 g/mol. The van der Waals surface area contributed by atoms with Gasteiger partial charge in [0.25, 0.3) is 0 Å². The summed E-state index contributed by atoms with van der Waals surface area (Å²) < 4.78 is 0. The molecule has 9 heteroatoms. The third-order valence-electron chi connectivity index (χ3n) is 9.13. The zero-order valence-corrected chi connectivity index (χ0v) is 25.7. The van der Waals surface area contributed by atoms with E-state index < -0.39 is 17.0 Å². The number of rotatable bonds is 15. The predicted molar refractivity (Wildman–Crippen MR) is 164 cm³/mol. The first-order valence-electron chi connectivity index (χ1n) is 15.6. The predicted octanol–water partition coefficient (Wildman–Crippen LogP) is 3.42. The van der Waals surface area contributed by atoms with Crippen LogP contribution < -0.4 is 21.7 Å². The highest BCUT2D eigenvalue weighted by atomic mass is 16.2. The number of hydrogen-bond donors (Lipinski definition) is 4. The fraction of sp³-hybridized carbons (Fsp3) is 0.559. The SMILES string of the molecule is CC(=O)CC(C(=O)NCCCC1(CC(C)C)NC=C(C2(Cc3ccccc3)NC=C(CC(N)=O)C2=O)C1=O)C1CCCC1. The van der Waals surface area contributed by atoms with E-state index in [-0.39, 0.29) is 65.8 Å². The Morgan fingerprint density at radius 2 is 1.72 bits per heavy atom. The van der Waals surface area contributed by atoms with E-state index in [9.17, 15) is 24.0 Å². The van der Waals surface area contributed by atoms with E-state index in [1.807, 2.05) is 30.3 Å². The second-order valence-electron chi connectivity index (χ2n) is 13.0. The van der Waals surface area contributed by atoms with Crippen LogP contribution >= 0.6 is 0 Å². The van der Waals surface area contributed by atoms with Crippen molar-refractivity contribution in [3.8, 4) is 0 Å².